The van der Waals surface area contributed by atoms with Crippen LogP contribution in [-0.2, 0) is 0 Å². The van der Waals surface area contributed by atoms with Gasteiger partial charge in [0.1, 0.15) is 5.69 Å². The first-order valence-corrected chi connectivity index (χ1v) is 6.15. The molecule has 1 atom stereocenters. The molecule has 0 fully saturated rings. The zero-order valence-electron chi connectivity index (χ0n) is 10.7. The van der Waals surface area contributed by atoms with Gasteiger partial charge in [0.2, 0.25) is 0 Å². The highest BCUT2D eigenvalue weighted by atomic mass is 16.4. The van der Waals surface area contributed by atoms with Crippen LogP contribution >= 0.6 is 0 Å². The fraction of sp³-hybridized carbons (Fsp3) is 0.200. The highest BCUT2D eigenvalue weighted by Crippen LogP contribution is 2.15. The first kappa shape index (κ1) is 13.1. The number of hydrogen-bond acceptors (Lipinski definition) is 3. The SMILES string of the molecule is CC(CNc1ccc(C(=O)O)nc1)c1ccccc1. The molecule has 0 amide bonds. The van der Waals surface area contributed by atoms with Crippen LogP contribution in [0, 0.1) is 0 Å². The molecule has 0 radical (unpaired) electrons. The predicted octanol–water partition coefficient (Wildman–Crippen LogP) is 3.00. The summed E-state index contributed by atoms with van der Waals surface area (Å²) in [5, 5.41) is 12.0. The number of carbonyl (C=O) groups is 1. The lowest BCUT2D eigenvalue weighted by atomic mass is 10.0. The van der Waals surface area contributed by atoms with Crippen LogP contribution in [0.25, 0.3) is 0 Å². The fourth-order valence-electron chi connectivity index (χ4n) is 1.80. The van der Waals surface area contributed by atoms with Gasteiger partial charge in [0, 0.05) is 6.54 Å². The molecule has 0 saturated carbocycles. The van der Waals surface area contributed by atoms with Gasteiger partial charge in [-0.2, -0.15) is 0 Å². The van der Waals surface area contributed by atoms with Crippen molar-refractivity contribution in [3.05, 3.63) is 59.9 Å². The van der Waals surface area contributed by atoms with E-state index in [9.17, 15) is 4.79 Å². The number of benzene rings is 1. The zero-order valence-corrected chi connectivity index (χ0v) is 10.7. The molecule has 0 aliphatic carbocycles. The van der Waals surface area contributed by atoms with Gasteiger partial charge in [-0.25, -0.2) is 9.78 Å². The molecule has 1 unspecified atom stereocenters. The summed E-state index contributed by atoms with van der Waals surface area (Å²) >= 11 is 0. The van der Waals surface area contributed by atoms with E-state index >= 15 is 0 Å². The number of carboxylic acids is 1. The Bertz CT molecular complexity index is 538. The minimum atomic E-state index is -1.01. The average molecular weight is 256 g/mol. The summed E-state index contributed by atoms with van der Waals surface area (Å²) in [5.74, 6) is -0.635. The lowest BCUT2D eigenvalue weighted by Gasteiger charge is -2.13. The predicted molar refractivity (Wildman–Crippen MR) is 74.5 cm³/mol. The summed E-state index contributed by atoms with van der Waals surface area (Å²) in [5.41, 5.74) is 2.15. The molecule has 4 heteroatoms. The number of pyridine rings is 1. The van der Waals surface area contributed by atoms with E-state index in [1.54, 1.807) is 12.3 Å². The van der Waals surface area contributed by atoms with Gasteiger partial charge in [0.25, 0.3) is 0 Å². The molecule has 4 nitrogen and oxygen atoms in total. The van der Waals surface area contributed by atoms with Gasteiger partial charge >= 0.3 is 5.97 Å². The highest BCUT2D eigenvalue weighted by molar-refractivity contribution is 5.85. The van der Waals surface area contributed by atoms with Crippen LogP contribution in [0.15, 0.2) is 48.7 Å². The Labute approximate surface area is 112 Å². The standard InChI is InChI=1S/C15H16N2O2/c1-11(12-5-3-2-4-6-12)9-16-13-7-8-14(15(18)19)17-10-13/h2-8,10-11,16H,9H2,1H3,(H,18,19). The van der Waals surface area contributed by atoms with Crippen LogP contribution in [0.2, 0.25) is 0 Å². The molecule has 1 heterocycles. The molecule has 0 spiro atoms. The van der Waals surface area contributed by atoms with E-state index in [0.29, 0.717) is 5.92 Å². The maximum Gasteiger partial charge on any atom is 0.354 e. The summed E-state index contributed by atoms with van der Waals surface area (Å²) in [6.45, 7) is 2.92. The Morgan fingerprint density at radius 3 is 2.58 bits per heavy atom. The molecule has 0 aliphatic heterocycles. The van der Waals surface area contributed by atoms with Crippen LogP contribution in [-0.4, -0.2) is 22.6 Å². The Morgan fingerprint density at radius 2 is 2.00 bits per heavy atom. The van der Waals surface area contributed by atoms with Crippen LogP contribution in [0.5, 0.6) is 0 Å². The topological polar surface area (TPSA) is 62.2 Å². The number of aromatic nitrogens is 1. The third-order valence-electron chi connectivity index (χ3n) is 2.96. The van der Waals surface area contributed by atoms with Crippen molar-refractivity contribution in [2.45, 2.75) is 12.8 Å². The molecule has 1 aromatic carbocycles. The van der Waals surface area contributed by atoms with E-state index in [1.807, 2.05) is 18.2 Å². The minimum absolute atomic E-state index is 0.0571. The largest absolute Gasteiger partial charge is 0.477 e. The maximum atomic E-state index is 10.7. The number of rotatable bonds is 5. The first-order valence-electron chi connectivity index (χ1n) is 6.15. The van der Waals surface area contributed by atoms with Gasteiger partial charge in [-0.3, -0.25) is 0 Å². The molecular weight excluding hydrogens is 240 g/mol. The van der Waals surface area contributed by atoms with Gasteiger partial charge in [-0.1, -0.05) is 37.3 Å². The molecule has 19 heavy (non-hydrogen) atoms. The molecule has 2 N–H and O–H groups in total. The van der Waals surface area contributed by atoms with Crippen LogP contribution in [0.3, 0.4) is 0 Å². The summed E-state index contributed by atoms with van der Waals surface area (Å²) < 4.78 is 0. The third-order valence-corrected chi connectivity index (χ3v) is 2.96. The summed E-state index contributed by atoms with van der Waals surface area (Å²) in [6, 6.07) is 13.5. The summed E-state index contributed by atoms with van der Waals surface area (Å²) in [7, 11) is 0. The van der Waals surface area contributed by atoms with Crippen molar-refractivity contribution in [3.63, 3.8) is 0 Å². The molecule has 0 saturated heterocycles. The van der Waals surface area contributed by atoms with Crippen molar-refractivity contribution in [1.82, 2.24) is 4.98 Å². The number of aromatic carboxylic acids is 1. The van der Waals surface area contributed by atoms with Crippen molar-refractivity contribution in [1.29, 1.82) is 0 Å². The minimum Gasteiger partial charge on any atom is -0.477 e. The number of anilines is 1. The number of carboxylic acid groups (broad SMARTS) is 1. The zero-order chi connectivity index (χ0) is 13.7. The fourth-order valence-corrected chi connectivity index (χ4v) is 1.80. The second kappa shape index (κ2) is 6.00. The second-order valence-corrected chi connectivity index (χ2v) is 4.43. The van der Waals surface area contributed by atoms with E-state index in [0.717, 1.165) is 12.2 Å². The highest BCUT2D eigenvalue weighted by Gasteiger charge is 2.06. The smallest absolute Gasteiger partial charge is 0.354 e. The van der Waals surface area contributed by atoms with Crippen molar-refractivity contribution < 1.29 is 9.90 Å². The first-order chi connectivity index (χ1) is 9.16. The van der Waals surface area contributed by atoms with Crippen LogP contribution in [0.4, 0.5) is 5.69 Å². The van der Waals surface area contributed by atoms with Gasteiger partial charge in [0.15, 0.2) is 0 Å². The summed E-state index contributed by atoms with van der Waals surface area (Å²) in [4.78, 5) is 14.5. The molecule has 1 aromatic heterocycles. The lowest BCUT2D eigenvalue weighted by molar-refractivity contribution is 0.0690. The Hall–Kier alpha value is -2.36. The quantitative estimate of drug-likeness (QED) is 0.863. The lowest BCUT2D eigenvalue weighted by Crippen LogP contribution is -2.10. The maximum absolute atomic E-state index is 10.7. The monoisotopic (exact) mass is 256 g/mol. The van der Waals surface area contributed by atoms with Gasteiger partial charge in [-0.15, -0.1) is 0 Å². The van der Waals surface area contributed by atoms with Gasteiger partial charge < -0.3 is 10.4 Å². The number of hydrogen-bond donors (Lipinski definition) is 2. The second-order valence-electron chi connectivity index (χ2n) is 4.43. The Balaban J connectivity index is 1.93. The van der Waals surface area contributed by atoms with Gasteiger partial charge in [0.05, 0.1) is 11.9 Å². The van der Waals surface area contributed by atoms with Crippen molar-refractivity contribution in [3.8, 4) is 0 Å². The van der Waals surface area contributed by atoms with E-state index in [1.165, 1.54) is 11.6 Å². The van der Waals surface area contributed by atoms with Crippen LogP contribution < -0.4 is 5.32 Å². The normalized spacial score (nSPS) is 11.8. The molecular formula is C15H16N2O2. The average Bonchev–Trinajstić information content (AvgIpc) is 2.46. The van der Waals surface area contributed by atoms with E-state index in [-0.39, 0.29) is 5.69 Å². The third kappa shape index (κ3) is 3.55. The molecule has 98 valence electrons. The van der Waals surface area contributed by atoms with E-state index in [2.05, 4.69) is 29.4 Å². The Morgan fingerprint density at radius 1 is 1.26 bits per heavy atom. The Kier molecular flexibility index (Phi) is 4.13. The van der Waals surface area contributed by atoms with Crippen molar-refractivity contribution in [2.24, 2.45) is 0 Å². The van der Waals surface area contributed by atoms with Crippen molar-refractivity contribution in [2.75, 3.05) is 11.9 Å². The molecule has 2 aromatic rings. The summed E-state index contributed by atoms with van der Waals surface area (Å²) in [6.07, 6.45) is 1.54. The molecule has 0 bridgehead atoms. The van der Waals surface area contributed by atoms with Crippen molar-refractivity contribution >= 4 is 11.7 Å². The van der Waals surface area contributed by atoms with E-state index < -0.39 is 5.97 Å². The molecule has 0 aliphatic rings. The van der Waals surface area contributed by atoms with Crippen LogP contribution in [0.1, 0.15) is 28.9 Å². The molecule has 2 rings (SSSR count). The number of nitrogens with one attached hydrogen (secondary N) is 1. The van der Waals surface area contributed by atoms with Gasteiger partial charge in [-0.05, 0) is 23.6 Å². The number of nitrogens with zero attached hydrogens (tertiary/aromatic N) is 1. The van der Waals surface area contributed by atoms with E-state index in [4.69, 9.17) is 5.11 Å².